The normalized spacial score (nSPS) is 15.6. The number of nitriles is 1. The minimum absolute atomic E-state index is 0.235. The van der Waals surface area contributed by atoms with Crippen molar-refractivity contribution in [3.63, 3.8) is 0 Å². The molecule has 1 aliphatic heterocycles. The minimum atomic E-state index is -0.850. The van der Waals surface area contributed by atoms with Crippen molar-refractivity contribution in [2.75, 3.05) is 31.2 Å². The van der Waals surface area contributed by atoms with Crippen molar-refractivity contribution in [1.29, 1.82) is 5.26 Å². The monoisotopic (exact) mass is 420 g/mol. The number of rotatable bonds is 6. The fourth-order valence-electron chi connectivity index (χ4n) is 4.02. The fraction of sp³-hybridized carbons (Fsp3) is 0.364. The third kappa shape index (κ3) is 3.66. The second kappa shape index (κ2) is 8.24. The lowest BCUT2D eigenvalue weighted by molar-refractivity contribution is -0.131. The van der Waals surface area contributed by atoms with Gasteiger partial charge in [-0.3, -0.25) is 4.79 Å². The van der Waals surface area contributed by atoms with Gasteiger partial charge in [-0.05, 0) is 38.0 Å². The summed E-state index contributed by atoms with van der Waals surface area (Å²) < 4.78 is 7.31. The third-order valence-corrected chi connectivity index (χ3v) is 5.95. The number of nitrogens with two attached hydrogens (primary N) is 1. The number of carbonyl (C=O) groups excluding carboxylic acids is 1. The van der Waals surface area contributed by atoms with E-state index in [0.29, 0.717) is 49.4 Å². The standard InChI is InChI=1S/C22H24N6O3/c1-2-31-17-9-18(20-16(10-23)12-26-28(20)13-17)15-3-4-19(25-11-15)27-7-5-22(14-29,6-8-27)21(24)30/h3-4,9,11-13,29H,2,5-8,14H2,1H3,(H2,24,30). The summed E-state index contributed by atoms with van der Waals surface area (Å²) in [5.41, 5.74) is 7.48. The van der Waals surface area contributed by atoms with Crippen LogP contribution in [0.25, 0.3) is 16.6 Å². The van der Waals surface area contributed by atoms with Crippen LogP contribution in [0.2, 0.25) is 0 Å². The fourth-order valence-corrected chi connectivity index (χ4v) is 4.02. The maximum atomic E-state index is 11.8. The molecule has 31 heavy (non-hydrogen) atoms. The second-order valence-electron chi connectivity index (χ2n) is 7.68. The first-order valence-corrected chi connectivity index (χ1v) is 10.2. The van der Waals surface area contributed by atoms with Crippen LogP contribution in [0.15, 0.2) is 36.8 Å². The molecule has 0 aromatic carbocycles. The molecule has 0 atom stereocenters. The number of ether oxygens (including phenoxy) is 1. The maximum Gasteiger partial charge on any atom is 0.226 e. The van der Waals surface area contributed by atoms with Crippen LogP contribution in [0.5, 0.6) is 5.75 Å². The van der Waals surface area contributed by atoms with Gasteiger partial charge in [-0.15, -0.1) is 0 Å². The van der Waals surface area contributed by atoms with Gasteiger partial charge >= 0.3 is 0 Å². The van der Waals surface area contributed by atoms with Crippen molar-refractivity contribution < 1.29 is 14.6 Å². The number of hydrogen-bond donors (Lipinski definition) is 2. The van der Waals surface area contributed by atoms with Crippen LogP contribution in [0.1, 0.15) is 25.3 Å². The quantitative estimate of drug-likeness (QED) is 0.621. The van der Waals surface area contributed by atoms with E-state index in [1.165, 1.54) is 6.20 Å². The Morgan fingerprint density at radius 1 is 1.35 bits per heavy atom. The number of fused-ring (bicyclic) bond motifs is 1. The zero-order valence-electron chi connectivity index (χ0n) is 17.3. The number of anilines is 1. The van der Waals surface area contributed by atoms with Crippen LogP contribution in [0.3, 0.4) is 0 Å². The molecule has 0 unspecified atom stereocenters. The lowest BCUT2D eigenvalue weighted by Gasteiger charge is -2.39. The highest BCUT2D eigenvalue weighted by Crippen LogP contribution is 2.34. The topological polar surface area (TPSA) is 130 Å². The molecule has 1 aliphatic rings. The Labute approximate surface area is 179 Å². The van der Waals surface area contributed by atoms with Gasteiger partial charge < -0.3 is 20.5 Å². The number of piperidine rings is 1. The van der Waals surface area contributed by atoms with E-state index >= 15 is 0 Å². The van der Waals surface area contributed by atoms with Crippen molar-refractivity contribution in [2.45, 2.75) is 19.8 Å². The Morgan fingerprint density at radius 2 is 2.13 bits per heavy atom. The Kier molecular flexibility index (Phi) is 5.48. The van der Waals surface area contributed by atoms with E-state index in [1.807, 2.05) is 25.1 Å². The lowest BCUT2D eigenvalue weighted by atomic mass is 9.78. The highest BCUT2D eigenvalue weighted by molar-refractivity contribution is 5.85. The molecular weight excluding hydrogens is 396 g/mol. The third-order valence-electron chi connectivity index (χ3n) is 5.95. The Hall–Kier alpha value is -3.64. The summed E-state index contributed by atoms with van der Waals surface area (Å²) in [6, 6.07) is 7.94. The van der Waals surface area contributed by atoms with Gasteiger partial charge in [-0.2, -0.15) is 10.4 Å². The first-order valence-electron chi connectivity index (χ1n) is 10.2. The maximum absolute atomic E-state index is 11.8. The van der Waals surface area contributed by atoms with Gasteiger partial charge in [0, 0.05) is 30.4 Å². The van der Waals surface area contributed by atoms with Crippen LogP contribution in [-0.4, -0.2) is 51.9 Å². The molecule has 0 saturated carbocycles. The van der Waals surface area contributed by atoms with Gasteiger partial charge in [0.05, 0.1) is 42.1 Å². The molecule has 0 spiro atoms. The van der Waals surface area contributed by atoms with Crippen LogP contribution in [-0.2, 0) is 4.79 Å². The van der Waals surface area contributed by atoms with Crippen LogP contribution in [0, 0.1) is 16.7 Å². The number of primary amides is 1. The number of aliphatic hydroxyl groups is 1. The summed E-state index contributed by atoms with van der Waals surface area (Å²) in [7, 11) is 0. The van der Waals surface area contributed by atoms with E-state index in [1.54, 1.807) is 16.9 Å². The van der Waals surface area contributed by atoms with Gasteiger partial charge in [0.2, 0.25) is 5.91 Å². The molecule has 1 amide bonds. The second-order valence-corrected chi connectivity index (χ2v) is 7.68. The van der Waals surface area contributed by atoms with Gasteiger partial charge in [0.25, 0.3) is 0 Å². The van der Waals surface area contributed by atoms with Gasteiger partial charge in [0.15, 0.2) is 0 Å². The summed E-state index contributed by atoms with van der Waals surface area (Å²) in [4.78, 5) is 18.4. The SMILES string of the molecule is CCOc1cc(-c2ccc(N3CCC(CO)(C(N)=O)CC3)nc2)c2c(C#N)cnn2c1. The molecular formula is C22H24N6O3. The van der Waals surface area contributed by atoms with Crippen molar-refractivity contribution in [1.82, 2.24) is 14.6 Å². The number of hydrogen-bond acceptors (Lipinski definition) is 7. The Morgan fingerprint density at radius 3 is 2.71 bits per heavy atom. The number of aromatic nitrogens is 3. The summed E-state index contributed by atoms with van der Waals surface area (Å²) in [6.45, 7) is 3.36. The highest BCUT2D eigenvalue weighted by Gasteiger charge is 2.39. The molecule has 1 saturated heterocycles. The van der Waals surface area contributed by atoms with Gasteiger partial charge in [-0.1, -0.05) is 0 Å². The zero-order chi connectivity index (χ0) is 22.0. The summed E-state index contributed by atoms with van der Waals surface area (Å²) in [6.07, 6.45) is 6.03. The van der Waals surface area contributed by atoms with Crippen LogP contribution < -0.4 is 15.4 Å². The molecule has 0 aliphatic carbocycles. The predicted molar refractivity (Wildman–Crippen MR) is 114 cm³/mol. The summed E-state index contributed by atoms with van der Waals surface area (Å²) in [5, 5.41) is 23.4. The summed E-state index contributed by atoms with van der Waals surface area (Å²) >= 11 is 0. The molecule has 160 valence electrons. The van der Waals surface area contributed by atoms with Crippen molar-refractivity contribution >= 4 is 17.2 Å². The highest BCUT2D eigenvalue weighted by atomic mass is 16.5. The number of carbonyl (C=O) groups is 1. The minimum Gasteiger partial charge on any atom is -0.492 e. The average Bonchev–Trinajstić information content (AvgIpc) is 3.22. The number of nitrogens with zero attached hydrogens (tertiary/aromatic N) is 5. The van der Waals surface area contributed by atoms with Crippen molar-refractivity contribution in [3.05, 3.63) is 42.4 Å². The molecule has 0 bridgehead atoms. The zero-order valence-corrected chi connectivity index (χ0v) is 17.3. The molecule has 3 aromatic heterocycles. The molecule has 3 N–H and O–H groups in total. The van der Waals surface area contributed by atoms with E-state index in [-0.39, 0.29) is 6.61 Å². The van der Waals surface area contributed by atoms with E-state index in [0.717, 1.165) is 16.9 Å². The lowest BCUT2D eigenvalue weighted by Crippen LogP contribution is -2.49. The van der Waals surface area contributed by atoms with Crippen molar-refractivity contribution in [2.24, 2.45) is 11.1 Å². The van der Waals surface area contributed by atoms with Crippen LogP contribution in [0.4, 0.5) is 5.82 Å². The number of aliphatic hydroxyl groups excluding tert-OH is 1. The van der Waals surface area contributed by atoms with E-state index in [2.05, 4.69) is 21.1 Å². The molecule has 1 fully saturated rings. The van der Waals surface area contributed by atoms with E-state index in [4.69, 9.17) is 10.5 Å². The first kappa shape index (κ1) is 20.6. The van der Waals surface area contributed by atoms with E-state index < -0.39 is 11.3 Å². The molecule has 9 heteroatoms. The smallest absolute Gasteiger partial charge is 0.226 e. The molecule has 0 radical (unpaired) electrons. The van der Waals surface area contributed by atoms with E-state index in [9.17, 15) is 15.2 Å². The number of amides is 1. The first-order chi connectivity index (χ1) is 15.0. The Balaban J connectivity index is 1.63. The van der Waals surface area contributed by atoms with Crippen LogP contribution >= 0.6 is 0 Å². The molecule has 4 rings (SSSR count). The van der Waals surface area contributed by atoms with Crippen molar-refractivity contribution in [3.8, 4) is 22.9 Å². The predicted octanol–water partition coefficient (Wildman–Crippen LogP) is 1.73. The van der Waals surface area contributed by atoms with Gasteiger partial charge in [-0.25, -0.2) is 9.50 Å². The average molecular weight is 420 g/mol. The number of pyridine rings is 2. The molecule has 3 aromatic rings. The molecule has 9 nitrogen and oxygen atoms in total. The Bertz CT molecular complexity index is 1140. The van der Waals surface area contributed by atoms with Gasteiger partial charge in [0.1, 0.15) is 17.6 Å². The molecule has 4 heterocycles. The summed E-state index contributed by atoms with van der Waals surface area (Å²) in [5.74, 6) is 0.987. The largest absolute Gasteiger partial charge is 0.492 e.